The molecule has 0 radical (unpaired) electrons. The SMILES string of the molecule is Cc1ccc(-c2cc(Cl)ccc2N)o1. The van der Waals surface area contributed by atoms with Gasteiger partial charge in [0.15, 0.2) is 0 Å². The van der Waals surface area contributed by atoms with Crippen LogP contribution in [0.25, 0.3) is 11.3 Å². The molecule has 14 heavy (non-hydrogen) atoms. The lowest BCUT2D eigenvalue weighted by Crippen LogP contribution is -1.88. The highest BCUT2D eigenvalue weighted by atomic mass is 35.5. The summed E-state index contributed by atoms with van der Waals surface area (Å²) in [4.78, 5) is 0. The number of aryl methyl sites for hydroxylation is 1. The first kappa shape index (κ1) is 9.16. The van der Waals surface area contributed by atoms with E-state index in [2.05, 4.69) is 0 Å². The van der Waals surface area contributed by atoms with Crippen LogP contribution in [0.15, 0.2) is 34.7 Å². The molecule has 0 spiro atoms. The van der Waals surface area contributed by atoms with E-state index in [9.17, 15) is 0 Å². The van der Waals surface area contributed by atoms with Crippen LogP contribution in [0.1, 0.15) is 5.76 Å². The molecule has 0 atom stereocenters. The molecule has 1 aromatic heterocycles. The number of halogens is 1. The first-order valence-electron chi connectivity index (χ1n) is 4.28. The van der Waals surface area contributed by atoms with Crippen molar-refractivity contribution in [2.24, 2.45) is 0 Å². The van der Waals surface area contributed by atoms with Gasteiger partial charge in [0.2, 0.25) is 0 Å². The predicted octanol–water partition coefficient (Wildman–Crippen LogP) is 3.49. The highest BCUT2D eigenvalue weighted by molar-refractivity contribution is 6.31. The van der Waals surface area contributed by atoms with Crippen LogP contribution in [0.4, 0.5) is 5.69 Å². The summed E-state index contributed by atoms with van der Waals surface area (Å²) in [6.45, 7) is 1.89. The van der Waals surface area contributed by atoms with Crippen LogP contribution >= 0.6 is 11.6 Å². The molecule has 2 N–H and O–H groups in total. The monoisotopic (exact) mass is 207 g/mol. The van der Waals surface area contributed by atoms with E-state index in [1.165, 1.54) is 0 Å². The van der Waals surface area contributed by atoms with Crippen molar-refractivity contribution in [2.45, 2.75) is 6.92 Å². The molecule has 2 nitrogen and oxygen atoms in total. The summed E-state index contributed by atoms with van der Waals surface area (Å²) in [5.74, 6) is 1.61. The lowest BCUT2D eigenvalue weighted by atomic mass is 10.1. The van der Waals surface area contributed by atoms with Crippen LogP contribution in [-0.4, -0.2) is 0 Å². The number of furan rings is 1. The van der Waals surface area contributed by atoms with Crippen LogP contribution < -0.4 is 5.73 Å². The third-order valence-electron chi connectivity index (χ3n) is 2.02. The molecule has 2 rings (SSSR count). The van der Waals surface area contributed by atoms with Gasteiger partial charge in [0.05, 0.1) is 0 Å². The first-order chi connectivity index (χ1) is 6.66. The summed E-state index contributed by atoms with van der Waals surface area (Å²) in [5.41, 5.74) is 7.32. The van der Waals surface area contributed by atoms with Gasteiger partial charge in [0.25, 0.3) is 0 Å². The Labute approximate surface area is 87.3 Å². The zero-order valence-electron chi connectivity index (χ0n) is 7.75. The Bertz CT molecular complexity index is 462. The van der Waals surface area contributed by atoms with Crippen LogP contribution in [-0.2, 0) is 0 Å². The number of nitrogens with two attached hydrogens (primary N) is 1. The highest BCUT2D eigenvalue weighted by Crippen LogP contribution is 2.29. The van der Waals surface area contributed by atoms with E-state index in [0.29, 0.717) is 10.7 Å². The van der Waals surface area contributed by atoms with Crippen molar-refractivity contribution in [1.29, 1.82) is 0 Å². The topological polar surface area (TPSA) is 39.2 Å². The number of hydrogen-bond donors (Lipinski definition) is 1. The van der Waals surface area contributed by atoms with Gasteiger partial charge in [0.1, 0.15) is 11.5 Å². The lowest BCUT2D eigenvalue weighted by molar-refractivity contribution is 0.548. The Morgan fingerprint density at radius 1 is 1.21 bits per heavy atom. The van der Waals surface area contributed by atoms with E-state index in [1.807, 2.05) is 19.1 Å². The Hall–Kier alpha value is -1.41. The Morgan fingerprint density at radius 3 is 2.64 bits per heavy atom. The minimum absolute atomic E-state index is 0.656. The summed E-state index contributed by atoms with van der Waals surface area (Å²) in [7, 11) is 0. The van der Waals surface area contributed by atoms with Crippen LogP contribution in [0.2, 0.25) is 5.02 Å². The second-order valence-corrected chi connectivity index (χ2v) is 3.58. The van der Waals surface area contributed by atoms with Crippen molar-refractivity contribution in [3.8, 4) is 11.3 Å². The minimum atomic E-state index is 0.656. The molecule has 0 aliphatic carbocycles. The van der Waals surface area contributed by atoms with E-state index in [1.54, 1.807) is 18.2 Å². The maximum absolute atomic E-state index is 5.88. The van der Waals surface area contributed by atoms with Crippen LogP contribution in [0.3, 0.4) is 0 Å². The molecule has 0 amide bonds. The summed E-state index contributed by atoms with van der Waals surface area (Å²) < 4.78 is 5.47. The van der Waals surface area contributed by atoms with Gasteiger partial charge in [-0.1, -0.05) is 11.6 Å². The quantitative estimate of drug-likeness (QED) is 0.727. The third kappa shape index (κ3) is 1.61. The molecule has 0 aliphatic rings. The molecule has 0 bridgehead atoms. The zero-order chi connectivity index (χ0) is 10.1. The highest BCUT2D eigenvalue weighted by Gasteiger charge is 2.06. The van der Waals surface area contributed by atoms with E-state index < -0.39 is 0 Å². The van der Waals surface area contributed by atoms with Crippen molar-refractivity contribution in [3.05, 3.63) is 41.1 Å². The normalized spacial score (nSPS) is 10.4. The van der Waals surface area contributed by atoms with Crippen LogP contribution in [0, 0.1) is 6.92 Å². The first-order valence-corrected chi connectivity index (χ1v) is 4.66. The van der Waals surface area contributed by atoms with E-state index >= 15 is 0 Å². The Morgan fingerprint density at radius 2 is 2.00 bits per heavy atom. The van der Waals surface area contributed by atoms with E-state index in [-0.39, 0.29) is 0 Å². The zero-order valence-corrected chi connectivity index (χ0v) is 8.51. The fraction of sp³-hybridized carbons (Fsp3) is 0.0909. The maximum Gasteiger partial charge on any atom is 0.136 e. The summed E-state index contributed by atoms with van der Waals surface area (Å²) in [5, 5.41) is 0.656. The van der Waals surface area contributed by atoms with Gasteiger partial charge in [-0.2, -0.15) is 0 Å². The van der Waals surface area contributed by atoms with E-state index in [4.69, 9.17) is 21.8 Å². The largest absolute Gasteiger partial charge is 0.461 e. The average molecular weight is 208 g/mol. The predicted molar refractivity (Wildman–Crippen MR) is 58.3 cm³/mol. The number of benzene rings is 1. The van der Waals surface area contributed by atoms with Gasteiger partial charge in [0, 0.05) is 16.3 Å². The fourth-order valence-electron chi connectivity index (χ4n) is 1.32. The van der Waals surface area contributed by atoms with Crippen molar-refractivity contribution in [2.75, 3.05) is 5.73 Å². The standard InChI is InChI=1S/C11H10ClNO/c1-7-2-5-11(14-7)9-6-8(12)3-4-10(9)13/h2-6H,13H2,1H3. The molecule has 1 heterocycles. The third-order valence-corrected chi connectivity index (χ3v) is 2.26. The van der Waals surface area contributed by atoms with Crippen molar-refractivity contribution in [3.63, 3.8) is 0 Å². The summed E-state index contributed by atoms with van der Waals surface area (Å²) in [6.07, 6.45) is 0. The second-order valence-electron chi connectivity index (χ2n) is 3.14. The molecule has 2 aromatic rings. The van der Waals surface area contributed by atoms with Gasteiger partial charge in [-0.25, -0.2) is 0 Å². The van der Waals surface area contributed by atoms with Crippen molar-refractivity contribution < 1.29 is 4.42 Å². The minimum Gasteiger partial charge on any atom is -0.461 e. The van der Waals surface area contributed by atoms with Crippen molar-refractivity contribution in [1.82, 2.24) is 0 Å². The van der Waals surface area contributed by atoms with Gasteiger partial charge in [-0.3, -0.25) is 0 Å². The van der Waals surface area contributed by atoms with Crippen molar-refractivity contribution >= 4 is 17.3 Å². The lowest BCUT2D eigenvalue weighted by Gasteiger charge is -2.02. The summed E-state index contributed by atoms with van der Waals surface area (Å²) in [6, 6.07) is 9.12. The van der Waals surface area contributed by atoms with Gasteiger partial charge >= 0.3 is 0 Å². The Kier molecular flexibility index (Phi) is 2.22. The number of nitrogen functional groups attached to an aromatic ring is 1. The summed E-state index contributed by atoms with van der Waals surface area (Å²) >= 11 is 5.88. The molecule has 0 saturated heterocycles. The molecule has 1 aromatic carbocycles. The number of rotatable bonds is 1. The molecule has 0 fully saturated rings. The van der Waals surface area contributed by atoms with Gasteiger partial charge in [-0.05, 0) is 37.3 Å². The Balaban J connectivity index is 2.55. The average Bonchev–Trinajstić information content (AvgIpc) is 2.56. The molecule has 72 valence electrons. The second kappa shape index (κ2) is 3.39. The maximum atomic E-state index is 5.88. The molecule has 0 saturated carbocycles. The number of anilines is 1. The molecule has 3 heteroatoms. The van der Waals surface area contributed by atoms with Gasteiger partial charge < -0.3 is 10.2 Å². The smallest absolute Gasteiger partial charge is 0.136 e. The molecule has 0 unspecified atom stereocenters. The molecular weight excluding hydrogens is 198 g/mol. The molecule has 0 aliphatic heterocycles. The van der Waals surface area contributed by atoms with Gasteiger partial charge in [-0.15, -0.1) is 0 Å². The fourth-order valence-corrected chi connectivity index (χ4v) is 1.49. The van der Waals surface area contributed by atoms with Crippen LogP contribution in [0.5, 0.6) is 0 Å². The molecular formula is C11H10ClNO. The van der Waals surface area contributed by atoms with E-state index in [0.717, 1.165) is 17.1 Å². The number of hydrogen-bond acceptors (Lipinski definition) is 2.